The zero-order chi connectivity index (χ0) is 39.4. The molecule has 0 aliphatic rings. The van der Waals surface area contributed by atoms with E-state index in [0.29, 0.717) is 0 Å². The molecule has 0 atom stereocenters. The second-order valence-corrected chi connectivity index (χ2v) is 43.3. The summed E-state index contributed by atoms with van der Waals surface area (Å²) in [6.07, 6.45) is 0. The predicted molar refractivity (Wildman–Crippen MR) is 233 cm³/mol. The first-order valence-corrected chi connectivity index (χ1v) is 38.6. The van der Waals surface area contributed by atoms with Gasteiger partial charge >= 0.3 is 68.5 Å². The van der Waals surface area contributed by atoms with Crippen molar-refractivity contribution in [2.24, 2.45) is 0 Å². The lowest BCUT2D eigenvalue weighted by Crippen LogP contribution is -2.73. The van der Waals surface area contributed by atoms with Gasteiger partial charge in [-0.15, -0.1) is 0 Å². The van der Waals surface area contributed by atoms with E-state index in [-0.39, 0.29) is 0 Å². The van der Waals surface area contributed by atoms with E-state index in [0.717, 1.165) is 20.7 Å². The van der Waals surface area contributed by atoms with Crippen molar-refractivity contribution in [2.75, 3.05) is 0 Å². The van der Waals surface area contributed by atoms with Crippen LogP contribution in [0.5, 0.6) is 0 Å². The normalized spacial score (nSPS) is 14.0. The van der Waals surface area contributed by atoms with E-state index in [2.05, 4.69) is 24.3 Å². The molecule has 53 heavy (non-hydrogen) atoms. The van der Waals surface area contributed by atoms with Gasteiger partial charge < -0.3 is 38.4 Å². The van der Waals surface area contributed by atoms with Crippen LogP contribution in [0.2, 0.25) is 78.6 Å². The van der Waals surface area contributed by atoms with Gasteiger partial charge in [0.15, 0.2) is 0 Å². The molecule has 9 nitrogen and oxygen atoms in total. The van der Waals surface area contributed by atoms with Crippen LogP contribution in [0.1, 0.15) is 0 Å². The highest BCUT2D eigenvalue weighted by molar-refractivity contribution is 7.03. The number of hydrogen-bond donors (Lipinski definition) is 2. The summed E-state index contributed by atoms with van der Waals surface area (Å²) in [6, 6.07) is 39.4. The fraction of sp³-hybridized carbons (Fsp3) is 0.333. The van der Waals surface area contributed by atoms with Crippen LogP contribution in [0, 0.1) is 0 Å². The monoisotopic (exact) mass is 858 g/mol. The van der Waals surface area contributed by atoms with Gasteiger partial charge in [-0.25, -0.2) is 0 Å². The summed E-state index contributed by atoms with van der Waals surface area (Å²) in [7, 11) is -25.1. The van der Waals surface area contributed by atoms with E-state index in [1.54, 1.807) is 13.1 Å². The standard InChI is InChI=1S/C36H58O9Si8/c1-46(2,37)39-47(3,4)40-50(9,10)44-53(35-29-21-15-22-30-35,36-31-23-16-24-32-36)45-51(11,12)42-48(5,6)41-49(7,8)43-52(38,33-25-17-13-18-26-33)34-27-19-14-20-28-34/h13-32,37-38H,1-12H3. The highest BCUT2D eigenvalue weighted by atomic mass is 28.5. The minimum atomic E-state index is -3.64. The SMILES string of the molecule is C[Si](C)(O)O[Si](C)(C)O[Si](C)(C)O[Si](O[Si](C)(C)O[Si](C)(C)O[Si](C)(C)O[Si](O)(c1ccccc1)c1ccccc1)(c1ccccc1)c1ccccc1. The first kappa shape index (κ1) is 44.0. The Balaban J connectivity index is 1.69. The Kier molecular flexibility index (Phi) is 13.9. The van der Waals surface area contributed by atoms with Crippen LogP contribution in [0.25, 0.3) is 0 Å². The third kappa shape index (κ3) is 12.6. The molecular weight excluding hydrogens is 801 g/mol. The van der Waals surface area contributed by atoms with E-state index < -0.39 is 68.5 Å². The van der Waals surface area contributed by atoms with Crippen LogP contribution >= 0.6 is 0 Å². The molecule has 288 valence electrons. The van der Waals surface area contributed by atoms with Crippen LogP contribution in [0.3, 0.4) is 0 Å². The van der Waals surface area contributed by atoms with Gasteiger partial charge in [-0.2, -0.15) is 0 Å². The highest BCUT2D eigenvalue weighted by Gasteiger charge is 2.55. The summed E-state index contributed by atoms with van der Waals surface area (Å²) in [5.74, 6) is 0. The zero-order valence-electron chi connectivity index (χ0n) is 33.3. The van der Waals surface area contributed by atoms with Gasteiger partial charge in [0, 0.05) is 0 Å². The van der Waals surface area contributed by atoms with Crippen molar-refractivity contribution in [1.29, 1.82) is 0 Å². The van der Waals surface area contributed by atoms with E-state index in [9.17, 15) is 9.59 Å². The molecule has 0 spiro atoms. The topological polar surface area (TPSA) is 105 Å². The van der Waals surface area contributed by atoms with Crippen molar-refractivity contribution in [3.63, 3.8) is 0 Å². The van der Waals surface area contributed by atoms with E-state index in [4.69, 9.17) is 28.8 Å². The summed E-state index contributed by atoms with van der Waals surface area (Å²) in [6.45, 7) is 23.5. The third-order valence-electron chi connectivity index (χ3n) is 7.78. The van der Waals surface area contributed by atoms with Crippen molar-refractivity contribution in [2.45, 2.75) is 78.6 Å². The zero-order valence-corrected chi connectivity index (χ0v) is 41.3. The van der Waals surface area contributed by atoms with Crippen molar-refractivity contribution < 1.29 is 38.4 Å². The predicted octanol–water partition coefficient (Wildman–Crippen LogP) is 5.81. The molecule has 0 saturated heterocycles. The van der Waals surface area contributed by atoms with Gasteiger partial charge in [0.05, 0.1) is 0 Å². The molecule has 0 aliphatic heterocycles. The molecule has 2 N–H and O–H groups in total. The quantitative estimate of drug-likeness (QED) is 0.120. The largest absolute Gasteiger partial charge is 0.416 e. The van der Waals surface area contributed by atoms with Crippen molar-refractivity contribution in [1.82, 2.24) is 0 Å². The molecule has 0 fully saturated rings. The lowest BCUT2D eigenvalue weighted by atomic mass is 10.4. The molecule has 0 unspecified atom stereocenters. The minimum Gasteiger partial charge on any atom is -0.416 e. The Hall–Kier alpha value is -1.74. The van der Waals surface area contributed by atoms with Crippen LogP contribution in [-0.4, -0.2) is 78.1 Å². The Morgan fingerprint density at radius 2 is 0.547 bits per heavy atom. The average Bonchev–Trinajstić information content (AvgIpc) is 3.02. The van der Waals surface area contributed by atoms with E-state index >= 15 is 0 Å². The summed E-state index contributed by atoms with van der Waals surface area (Å²) < 4.78 is 48.6. The van der Waals surface area contributed by atoms with Gasteiger partial charge in [0.1, 0.15) is 0 Å². The molecule has 4 aromatic rings. The van der Waals surface area contributed by atoms with Crippen molar-refractivity contribution in [3.05, 3.63) is 121 Å². The maximum atomic E-state index is 12.4. The fourth-order valence-corrected chi connectivity index (χ4v) is 43.6. The summed E-state index contributed by atoms with van der Waals surface area (Å²) >= 11 is 0. The Bertz CT molecular complexity index is 1660. The van der Waals surface area contributed by atoms with Gasteiger partial charge in [-0.3, -0.25) is 0 Å². The molecule has 17 heteroatoms. The number of benzene rings is 4. The lowest BCUT2D eigenvalue weighted by molar-refractivity contribution is 0.263. The lowest BCUT2D eigenvalue weighted by Gasteiger charge is -2.46. The highest BCUT2D eigenvalue weighted by Crippen LogP contribution is 2.29. The molecule has 0 heterocycles. The Morgan fingerprint density at radius 1 is 0.302 bits per heavy atom. The van der Waals surface area contributed by atoms with Crippen LogP contribution in [-0.2, 0) is 28.8 Å². The summed E-state index contributed by atoms with van der Waals surface area (Å²) in [4.78, 5) is 23.0. The molecule has 4 rings (SSSR count). The number of rotatable bonds is 18. The van der Waals surface area contributed by atoms with Crippen molar-refractivity contribution in [3.8, 4) is 0 Å². The van der Waals surface area contributed by atoms with Gasteiger partial charge in [0.2, 0.25) is 0 Å². The molecule has 0 radical (unpaired) electrons. The molecule has 0 aromatic heterocycles. The van der Waals surface area contributed by atoms with Gasteiger partial charge in [-0.05, 0) is 99.3 Å². The van der Waals surface area contributed by atoms with Gasteiger partial charge in [-0.1, -0.05) is 121 Å². The first-order chi connectivity index (χ1) is 24.4. The van der Waals surface area contributed by atoms with Crippen molar-refractivity contribution >= 4 is 89.2 Å². The molecule has 0 saturated carbocycles. The molecule has 0 amide bonds. The molecular formula is C36H58O9Si8. The first-order valence-electron chi connectivity index (χ1n) is 17.9. The van der Waals surface area contributed by atoms with Crippen LogP contribution in [0.4, 0.5) is 0 Å². The number of hydrogen-bond acceptors (Lipinski definition) is 9. The maximum absolute atomic E-state index is 12.4. The second kappa shape index (κ2) is 16.8. The Morgan fingerprint density at radius 3 is 0.849 bits per heavy atom. The van der Waals surface area contributed by atoms with Crippen LogP contribution < -0.4 is 20.7 Å². The minimum absolute atomic E-state index is 0.753. The van der Waals surface area contributed by atoms with E-state index in [1.807, 2.05) is 163 Å². The summed E-state index contributed by atoms with van der Waals surface area (Å²) in [5.41, 5.74) is 0. The average molecular weight is 860 g/mol. The molecule has 4 aromatic carbocycles. The molecule has 0 aliphatic carbocycles. The van der Waals surface area contributed by atoms with Crippen LogP contribution in [0.15, 0.2) is 121 Å². The summed E-state index contributed by atoms with van der Waals surface area (Å²) in [5, 5.41) is 3.36. The Labute approximate surface area is 325 Å². The second-order valence-electron chi connectivity index (χ2n) is 15.9. The smallest absolute Gasteiger partial charge is 0.395 e. The fourth-order valence-electron chi connectivity index (χ4n) is 6.88. The third-order valence-corrected chi connectivity index (χ3v) is 37.3. The maximum Gasteiger partial charge on any atom is 0.395 e. The van der Waals surface area contributed by atoms with Gasteiger partial charge in [0.25, 0.3) is 0 Å². The van der Waals surface area contributed by atoms with E-state index in [1.165, 1.54) is 0 Å². The molecule has 0 bridgehead atoms.